The maximum atomic E-state index is 14.1. The Hall–Kier alpha value is -3.95. The van der Waals surface area contributed by atoms with Crippen molar-refractivity contribution in [2.24, 2.45) is 11.3 Å². The Labute approximate surface area is 223 Å². The van der Waals surface area contributed by atoms with E-state index in [0.717, 1.165) is 12.8 Å². The molecule has 0 saturated carbocycles. The fourth-order valence-corrected chi connectivity index (χ4v) is 7.06. The van der Waals surface area contributed by atoms with Crippen LogP contribution in [0.3, 0.4) is 0 Å². The van der Waals surface area contributed by atoms with Crippen LogP contribution in [0.15, 0.2) is 85.1 Å². The van der Waals surface area contributed by atoms with Gasteiger partial charge in [0.05, 0.1) is 17.7 Å². The number of ketones is 1. The van der Waals surface area contributed by atoms with Crippen molar-refractivity contribution in [1.82, 2.24) is 4.90 Å². The van der Waals surface area contributed by atoms with Gasteiger partial charge in [0.25, 0.3) is 5.91 Å². The standard InChI is InChI=1S/C32H31N3O3/c1-31-16-6-5-9-25(31)28(24-8-4-3-7-22(24)14-17-31)26-20-34(23-12-10-21(19-33)11-13-23)30(38)32(2)29(37)27(36)15-18-35(26)32/h3-13,15-16,18,25-26,28-29,37H,14,17,20H2,1-2H3. The molecular formula is C32H31N3O3. The van der Waals surface area contributed by atoms with Gasteiger partial charge in [0.15, 0.2) is 11.3 Å². The van der Waals surface area contributed by atoms with E-state index in [1.165, 1.54) is 17.2 Å². The lowest BCUT2D eigenvalue weighted by molar-refractivity contribution is -0.152. The fraction of sp³-hybridized carbons (Fsp3) is 0.344. The molecule has 1 amide bonds. The molecule has 4 aliphatic rings. The van der Waals surface area contributed by atoms with E-state index in [1.807, 2.05) is 4.90 Å². The zero-order valence-corrected chi connectivity index (χ0v) is 21.6. The predicted molar refractivity (Wildman–Crippen MR) is 145 cm³/mol. The van der Waals surface area contributed by atoms with Gasteiger partial charge < -0.3 is 14.9 Å². The molecule has 6 rings (SSSR count). The maximum absolute atomic E-state index is 14.1. The summed E-state index contributed by atoms with van der Waals surface area (Å²) in [4.78, 5) is 30.5. The SMILES string of the molecule is CC12C=CC=CC1C(C1CN(c3ccc(C#N)cc3)C(=O)C3(C)C(O)C(=O)C=CN13)c1ccccc1CC2. The van der Waals surface area contributed by atoms with E-state index in [9.17, 15) is 20.0 Å². The second-order valence-corrected chi connectivity index (χ2v) is 11.3. The molecule has 6 nitrogen and oxygen atoms in total. The highest BCUT2D eigenvalue weighted by Gasteiger charge is 2.59. The number of hydrogen-bond acceptors (Lipinski definition) is 5. The Balaban J connectivity index is 1.55. The monoisotopic (exact) mass is 505 g/mol. The lowest BCUT2D eigenvalue weighted by Gasteiger charge is -2.57. The lowest BCUT2D eigenvalue weighted by Crippen LogP contribution is -2.74. The van der Waals surface area contributed by atoms with Crippen LogP contribution in [-0.4, -0.2) is 45.9 Å². The topological polar surface area (TPSA) is 84.6 Å². The molecule has 1 N–H and O–H groups in total. The molecule has 2 aliphatic carbocycles. The molecule has 192 valence electrons. The molecule has 1 fully saturated rings. The van der Waals surface area contributed by atoms with E-state index in [1.54, 1.807) is 42.3 Å². The summed E-state index contributed by atoms with van der Waals surface area (Å²) in [6.45, 7) is 4.38. The van der Waals surface area contributed by atoms with Crippen molar-refractivity contribution in [3.63, 3.8) is 0 Å². The van der Waals surface area contributed by atoms with E-state index < -0.39 is 17.4 Å². The third kappa shape index (κ3) is 3.49. The van der Waals surface area contributed by atoms with Gasteiger partial charge in [0, 0.05) is 24.4 Å². The normalized spacial score (nSPS) is 33.7. The highest BCUT2D eigenvalue weighted by atomic mass is 16.3. The summed E-state index contributed by atoms with van der Waals surface area (Å²) < 4.78 is 0. The molecule has 1 saturated heterocycles. The molecule has 38 heavy (non-hydrogen) atoms. The first kappa shape index (κ1) is 24.4. The second-order valence-electron chi connectivity index (χ2n) is 11.3. The van der Waals surface area contributed by atoms with Gasteiger partial charge in [-0.2, -0.15) is 5.26 Å². The van der Waals surface area contributed by atoms with Crippen molar-refractivity contribution in [2.45, 2.75) is 50.3 Å². The number of aryl methyl sites for hydroxylation is 1. The number of aliphatic hydroxyl groups is 1. The smallest absolute Gasteiger partial charge is 0.255 e. The quantitative estimate of drug-likeness (QED) is 0.659. The average Bonchev–Trinajstić information content (AvgIpc) is 3.07. The van der Waals surface area contributed by atoms with Crippen LogP contribution < -0.4 is 4.90 Å². The second kappa shape index (κ2) is 8.82. The molecule has 0 aromatic heterocycles. The molecular weight excluding hydrogens is 474 g/mol. The number of aliphatic hydroxyl groups excluding tert-OH is 1. The summed E-state index contributed by atoms with van der Waals surface area (Å²) in [5.74, 6) is -0.639. The largest absolute Gasteiger partial charge is 0.382 e. The third-order valence-electron chi connectivity index (χ3n) is 9.27. The number of allylic oxidation sites excluding steroid dienone is 4. The molecule has 2 aliphatic heterocycles. The van der Waals surface area contributed by atoms with Crippen LogP contribution in [0, 0.1) is 22.7 Å². The summed E-state index contributed by atoms with van der Waals surface area (Å²) in [7, 11) is 0. The predicted octanol–water partition coefficient (Wildman–Crippen LogP) is 4.27. The molecule has 2 aromatic rings. The van der Waals surface area contributed by atoms with Gasteiger partial charge in [-0.05, 0) is 72.6 Å². The zero-order chi connectivity index (χ0) is 26.7. The van der Waals surface area contributed by atoms with Crippen LogP contribution in [0.2, 0.25) is 0 Å². The minimum atomic E-state index is -1.49. The maximum Gasteiger partial charge on any atom is 0.255 e. The Morgan fingerprint density at radius 3 is 2.58 bits per heavy atom. The number of fused-ring (bicyclic) bond motifs is 3. The Kier molecular flexibility index (Phi) is 5.66. The van der Waals surface area contributed by atoms with Gasteiger partial charge in [0.2, 0.25) is 0 Å². The van der Waals surface area contributed by atoms with Crippen molar-refractivity contribution >= 4 is 17.4 Å². The number of hydrogen-bond donors (Lipinski definition) is 1. The number of rotatable bonds is 2. The summed E-state index contributed by atoms with van der Waals surface area (Å²) in [6.07, 6.45) is 12.5. The van der Waals surface area contributed by atoms with E-state index in [4.69, 9.17) is 0 Å². The minimum Gasteiger partial charge on any atom is -0.382 e. The van der Waals surface area contributed by atoms with Crippen LogP contribution in [0.5, 0.6) is 0 Å². The van der Waals surface area contributed by atoms with Crippen molar-refractivity contribution in [2.75, 3.05) is 11.4 Å². The number of carbonyl (C=O) groups excluding carboxylic acids is 2. The summed E-state index contributed by atoms with van der Waals surface area (Å²) >= 11 is 0. The van der Waals surface area contributed by atoms with Crippen LogP contribution in [0.25, 0.3) is 0 Å². The van der Waals surface area contributed by atoms with Gasteiger partial charge in [-0.15, -0.1) is 0 Å². The molecule has 0 radical (unpaired) electrons. The Bertz CT molecular complexity index is 1430. The van der Waals surface area contributed by atoms with Crippen molar-refractivity contribution < 1.29 is 14.7 Å². The third-order valence-corrected chi connectivity index (χ3v) is 9.27. The van der Waals surface area contributed by atoms with Crippen molar-refractivity contribution in [3.8, 4) is 6.07 Å². The molecule has 0 bridgehead atoms. The van der Waals surface area contributed by atoms with E-state index in [2.05, 4.69) is 61.6 Å². The van der Waals surface area contributed by atoms with Crippen molar-refractivity contribution in [3.05, 3.63) is 102 Å². The van der Waals surface area contributed by atoms with Crippen LogP contribution >= 0.6 is 0 Å². The number of anilines is 1. The molecule has 0 spiro atoms. The van der Waals surface area contributed by atoms with Gasteiger partial charge in [-0.25, -0.2) is 0 Å². The number of benzene rings is 2. The first-order valence-electron chi connectivity index (χ1n) is 13.2. The van der Waals surface area contributed by atoms with Gasteiger partial charge in [0.1, 0.15) is 6.10 Å². The highest BCUT2D eigenvalue weighted by molar-refractivity contribution is 6.08. The van der Waals surface area contributed by atoms with E-state index >= 15 is 0 Å². The van der Waals surface area contributed by atoms with Crippen LogP contribution in [0.1, 0.15) is 42.9 Å². The number of carbonyl (C=O) groups is 2. The Morgan fingerprint density at radius 1 is 1.05 bits per heavy atom. The van der Waals surface area contributed by atoms with Gasteiger partial charge in [-0.3, -0.25) is 9.59 Å². The minimum absolute atomic E-state index is 0.00161. The van der Waals surface area contributed by atoms with E-state index in [-0.39, 0.29) is 29.2 Å². The van der Waals surface area contributed by atoms with Crippen LogP contribution in [-0.2, 0) is 16.0 Å². The Morgan fingerprint density at radius 2 is 1.82 bits per heavy atom. The molecule has 6 atom stereocenters. The van der Waals surface area contributed by atoms with E-state index in [0.29, 0.717) is 17.8 Å². The van der Waals surface area contributed by atoms with Gasteiger partial charge in [-0.1, -0.05) is 55.5 Å². The highest BCUT2D eigenvalue weighted by Crippen LogP contribution is 2.53. The first-order chi connectivity index (χ1) is 18.3. The lowest BCUT2D eigenvalue weighted by atomic mass is 9.63. The van der Waals surface area contributed by atoms with Crippen molar-refractivity contribution in [1.29, 1.82) is 5.26 Å². The van der Waals surface area contributed by atoms with Crippen LogP contribution in [0.4, 0.5) is 5.69 Å². The average molecular weight is 506 g/mol. The molecule has 6 unspecified atom stereocenters. The summed E-state index contributed by atoms with van der Waals surface area (Å²) in [5.41, 5.74) is 2.17. The summed E-state index contributed by atoms with van der Waals surface area (Å²) in [6, 6.07) is 17.4. The number of amides is 1. The number of nitriles is 1. The number of nitrogens with zero attached hydrogens (tertiary/aromatic N) is 3. The zero-order valence-electron chi connectivity index (χ0n) is 21.6. The molecule has 6 heteroatoms. The molecule has 2 heterocycles. The fourth-order valence-electron chi connectivity index (χ4n) is 7.06. The summed E-state index contributed by atoms with van der Waals surface area (Å²) in [5, 5.41) is 20.5. The van der Waals surface area contributed by atoms with Gasteiger partial charge >= 0.3 is 0 Å². The molecule has 2 aromatic carbocycles. The first-order valence-corrected chi connectivity index (χ1v) is 13.2. The number of piperazine rings is 1.